The molecule has 0 aliphatic rings. The Morgan fingerprint density at radius 3 is 2.52 bits per heavy atom. The zero-order valence-electron chi connectivity index (χ0n) is 18.2. The largest absolute Gasteiger partial charge is 0.272 e. The number of nitro benzene ring substituents is 1. The van der Waals surface area contributed by atoms with Crippen LogP contribution in [0.5, 0.6) is 0 Å². The molecule has 4 rings (SSSR count). The van der Waals surface area contributed by atoms with Crippen LogP contribution in [0.1, 0.15) is 41.3 Å². The summed E-state index contributed by atoms with van der Waals surface area (Å²) < 4.78 is 0. The van der Waals surface area contributed by atoms with Crippen LogP contribution in [0.15, 0.2) is 84.0 Å². The molecule has 0 bridgehead atoms. The number of hydrogen-bond donors (Lipinski definition) is 1. The van der Waals surface area contributed by atoms with E-state index in [1.807, 2.05) is 36.4 Å². The number of aromatic nitrogens is 1. The molecule has 4 aromatic rings. The number of carbonyl (C=O) groups excluding carboxylic acids is 1. The Morgan fingerprint density at radius 2 is 1.79 bits per heavy atom. The average molecular weight is 438 g/mol. The van der Waals surface area contributed by atoms with E-state index in [-0.39, 0.29) is 5.69 Å². The van der Waals surface area contributed by atoms with Crippen molar-refractivity contribution in [2.24, 2.45) is 5.10 Å². The first-order chi connectivity index (χ1) is 15.9. The van der Waals surface area contributed by atoms with Gasteiger partial charge in [-0.1, -0.05) is 68.4 Å². The highest BCUT2D eigenvalue weighted by Crippen LogP contribution is 2.26. The van der Waals surface area contributed by atoms with E-state index >= 15 is 0 Å². The van der Waals surface area contributed by atoms with Gasteiger partial charge in [0.15, 0.2) is 0 Å². The molecule has 0 saturated heterocycles. The molecule has 1 aromatic heterocycles. The van der Waals surface area contributed by atoms with Gasteiger partial charge in [0.2, 0.25) is 0 Å². The van der Waals surface area contributed by atoms with Gasteiger partial charge in [0.25, 0.3) is 11.6 Å². The summed E-state index contributed by atoms with van der Waals surface area (Å²) >= 11 is 0. The predicted octanol–water partition coefficient (Wildman–Crippen LogP) is 5.70. The lowest BCUT2D eigenvalue weighted by Gasteiger charge is -2.10. The second-order valence-electron chi connectivity index (χ2n) is 7.90. The van der Waals surface area contributed by atoms with Crippen LogP contribution in [0.25, 0.3) is 22.2 Å². The summed E-state index contributed by atoms with van der Waals surface area (Å²) in [5.41, 5.74) is 6.98. The maximum atomic E-state index is 13.0. The van der Waals surface area contributed by atoms with E-state index in [1.54, 1.807) is 18.2 Å². The zero-order valence-corrected chi connectivity index (χ0v) is 18.2. The molecule has 1 N–H and O–H groups in total. The number of rotatable bonds is 6. The van der Waals surface area contributed by atoms with Crippen molar-refractivity contribution in [3.05, 3.63) is 106 Å². The molecule has 33 heavy (non-hydrogen) atoms. The SMILES string of the molecule is CC(C)c1ccc(-c2cc(C(=O)N/N=C/c3cccc([N+](=O)[O-])c3)c3ccccc3n2)cc1. The van der Waals surface area contributed by atoms with Crippen LogP contribution in [0.4, 0.5) is 5.69 Å². The molecule has 3 aromatic carbocycles. The number of non-ortho nitro benzene ring substituents is 1. The highest BCUT2D eigenvalue weighted by atomic mass is 16.6. The Labute approximate surface area is 191 Å². The highest BCUT2D eigenvalue weighted by molar-refractivity contribution is 6.07. The van der Waals surface area contributed by atoms with Crippen molar-refractivity contribution in [2.75, 3.05) is 0 Å². The summed E-state index contributed by atoms with van der Waals surface area (Å²) in [5, 5.41) is 15.6. The van der Waals surface area contributed by atoms with Crippen molar-refractivity contribution in [1.82, 2.24) is 10.4 Å². The first kappa shape index (κ1) is 21.8. The minimum Gasteiger partial charge on any atom is -0.267 e. The number of carbonyl (C=O) groups is 1. The number of para-hydroxylation sites is 1. The van der Waals surface area contributed by atoms with Crippen LogP contribution in [-0.2, 0) is 0 Å². The Kier molecular flexibility index (Phi) is 6.22. The van der Waals surface area contributed by atoms with Crippen LogP contribution in [0.3, 0.4) is 0 Å². The molecule has 7 nitrogen and oxygen atoms in total. The smallest absolute Gasteiger partial charge is 0.267 e. The van der Waals surface area contributed by atoms with Gasteiger partial charge in [-0.25, -0.2) is 10.4 Å². The van der Waals surface area contributed by atoms with Gasteiger partial charge in [0.05, 0.1) is 27.9 Å². The Hall–Kier alpha value is -4.39. The van der Waals surface area contributed by atoms with Crippen molar-refractivity contribution >= 4 is 28.7 Å². The molecular formula is C26H22N4O3. The molecule has 0 saturated carbocycles. The first-order valence-corrected chi connectivity index (χ1v) is 10.5. The highest BCUT2D eigenvalue weighted by Gasteiger charge is 2.14. The molecule has 0 unspecified atom stereocenters. The van der Waals surface area contributed by atoms with Gasteiger partial charge < -0.3 is 0 Å². The van der Waals surface area contributed by atoms with Crippen LogP contribution in [-0.4, -0.2) is 22.0 Å². The molecule has 0 aliphatic heterocycles. The normalized spacial score (nSPS) is 11.2. The van der Waals surface area contributed by atoms with Crippen molar-refractivity contribution in [3.63, 3.8) is 0 Å². The fourth-order valence-electron chi connectivity index (χ4n) is 3.49. The fourth-order valence-corrected chi connectivity index (χ4v) is 3.49. The molecule has 0 fully saturated rings. The van der Waals surface area contributed by atoms with Crippen LogP contribution in [0.2, 0.25) is 0 Å². The topological polar surface area (TPSA) is 97.5 Å². The number of fused-ring (bicyclic) bond motifs is 1. The van der Waals surface area contributed by atoms with Gasteiger partial charge >= 0.3 is 0 Å². The number of nitrogens with zero attached hydrogens (tertiary/aromatic N) is 3. The van der Waals surface area contributed by atoms with E-state index in [2.05, 4.69) is 36.5 Å². The third kappa shape index (κ3) is 4.93. The monoisotopic (exact) mass is 438 g/mol. The maximum Gasteiger partial charge on any atom is 0.272 e. The number of benzene rings is 3. The number of nitrogens with one attached hydrogen (secondary N) is 1. The van der Waals surface area contributed by atoms with Crippen molar-refractivity contribution in [2.45, 2.75) is 19.8 Å². The molecule has 0 spiro atoms. The van der Waals surface area contributed by atoms with Gasteiger partial charge in [-0.2, -0.15) is 5.10 Å². The minimum absolute atomic E-state index is 0.0430. The van der Waals surface area contributed by atoms with E-state index in [0.29, 0.717) is 33.6 Å². The lowest BCUT2D eigenvalue weighted by molar-refractivity contribution is -0.384. The molecule has 1 amide bonds. The standard InChI is InChI=1S/C26H22N4O3/c1-17(2)19-10-12-20(13-11-19)25-15-23(22-8-3-4-9-24(22)28-25)26(31)29-27-16-18-6-5-7-21(14-18)30(32)33/h3-17H,1-2H3,(H,29,31)/b27-16+. The predicted molar refractivity (Wildman–Crippen MR) is 129 cm³/mol. The van der Waals surface area contributed by atoms with E-state index in [0.717, 1.165) is 5.56 Å². The Balaban J connectivity index is 1.64. The van der Waals surface area contributed by atoms with Gasteiger partial charge in [-0.05, 0) is 23.6 Å². The number of nitro groups is 1. The van der Waals surface area contributed by atoms with E-state index in [1.165, 1.54) is 23.9 Å². The Bertz CT molecular complexity index is 1360. The lowest BCUT2D eigenvalue weighted by atomic mass is 9.99. The van der Waals surface area contributed by atoms with Crippen LogP contribution in [0, 0.1) is 10.1 Å². The molecule has 1 heterocycles. The number of pyridine rings is 1. The molecule has 7 heteroatoms. The van der Waals surface area contributed by atoms with E-state index < -0.39 is 10.8 Å². The summed E-state index contributed by atoms with van der Waals surface area (Å²) in [5.74, 6) is 0.0317. The van der Waals surface area contributed by atoms with Crippen molar-refractivity contribution < 1.29 is 9.72 Å². The maximum absolute atomic E-state index is 13.0. The van der Waals surface area contributed by atoms with Gasteiger partial charge in [-0.15, -0.1) is 0 Å². The fraction of sp³-hybridized carbons (Fsp3) is 0.115. The summed E-state index contributed by atoms with van der Waals surface area (Å²) in [4.78, 5) is 28.2. The number of hydrogen-bond acceptors (Lipinski definition) is 5. The molecule has 0 aliphatic carbocycles. The zero-order chi connectivity index (χ0) is 23.4. The third-order valence-corrected chi connectivity index (χ3v) is 5.29. The third-order valence-electron chi connectivity index (χ3n) is 5.29. The van der Waals surface area contributed by atoms with E-state index in [4.69, 9.17) is 4.98 Å². The minimum atomic E-state index is -0.478. The van der Waals surface area contributed by atoms with Crippen LogP contribution >= 0.6 is 0 Å². The molecular weight excluding hydrogens is 416 g/mol. The molecule has 0 radical (unpaired) electrons. The van der Waals surface area contributed by atoms with Gasteiger partial charge in [0, 0.05) is 28.6 Å². The first-order valence-electron chi connectivity index (χ1n) is 10.5. The quantitative estimate of drug-likeness (QED) is 0.237. The van der Waals surface area contributed by atoms with Gasteiger partial charge in [0.1, 0.15) is 0 Å². The number of amides is 1. The summed E-state index contributed by atoms with van der Waals surface area (Å²) in [7, 11) is 0. The molecule has 0 atom stereocenters. The summed E-state index contributed by atoms with van der Waals surface area (Å²) in [6.45, 7) is 4.28. The summed E-state index contributed by atoms with van der Waals surface area (Å²) in [6, 6.07) is 23.4. The Morgan fingerprint density at radius 1 is 1.03 bits per heavy atom. The van der Waals surface area contributed by atoms with Crippen molar-refractivity contribution in [3.8, 4) is 11.3 Å². The number of hydrazone groups is 1. The average Bonchev–Trinajstić information content (AvgIpc) is 2.83. The van der Waals surface area contributed by atoms with E-state index in [9.17, 15) is 14.9 Å². The molecule has 164 valence electrons. The summed E-state index contributed by atoms with van der Waals surface area (Å²) in [6.07, 6.45) is 1.37. The van der Waals surface area contributed by atoms with Crippen LogP contribution < -0.4 is 5.43 Å². The van der Waals surface area contributed by atoms with Crippen molar-refractivity contribution in [1.29, 1.82) is 0 Å². The second kappa shape index (κ2) is 9.40. The van der Waals surface area contributed by atoms with Gasteiger partial charge in [-0.3, -0.25) is 14.9 Å². The second-order valence-corrected chi connectivity index (χ2v) is 7.90. The lowest BCUT2D eigenvalue weighted by Crippen LogP contribution is -2.18.